The summed E-state index contributed by atoms with van der Waals surface area (Å²) >= 11 is 1.27. The van der Waals surface area contributed by atoms with Crippen LogP contribution in [-0.2, 0) is 22.6 Å². The minimum atomic E-state index is -0.542. The molecule has 1 aromatic heterocycles. The Labute approximate surface area is 203 Å². The molecule has 0 radical (unpaired) electrons. The van der Waals surface area contributed by atoms with Crippen LogP contribution in [0.3, 0.4) is 0 Å². The van der Waals surface area contributed by atoms with Crippen LogP contribution in [0.2, 0.25) is 0 Å². The number of nitrogens with zero attached hydrogens (tertiary/aromatic N) is 2. The van der Waals surface area contributed by atoms with E-state index in [9.17, 15) is 14.9 Å². The Balaban J connectivity index is 1.71. The number of aryl methyl sites for hydroxylation is 3. The molecule has 1 saturated heterocycles. The maximum absolute atomic E-state index is 13.6. The predicted molar refractivity (Wildman–Crippen MR) is 133 cm³/mol. The summed E-state index contributed by atoms with van der Waals surface area (Å²) in [6.45, 7) is 6.14. The van der Waals surface area contributed by atoms with Crippen molar-refractivity contribution < 1.29 is 14.0 Å². The second kappa shape index (κ2) is 10.0. The summed E-state index contributed by atoms with van der Waals surface area (Å²) in [6.07, 6.45) is 2.02. The molecule has 1 aliphatic rings. The Morgan fingerprint density at radius 3 is 2.62 bits per heavy atom. The maximum atomic E-state index is 13.6. The van der Waals surface area contributed by atoms with E-state index in [1.807, 2.05) is 63.2 Å². The van der Waals surface area contributed by atoms with Crippen molar-refractivity contribution in [3.8, 4) is 6.07 Å². The Morgan fingerprint density at radius 1 is 1.12 bits per heavy atom. The standard InChI is InChI=1S/C27H25N3O3S/c1-17-6-4-7-20(12-17)14-24-26(32)30(21-10-9-18(2)19(3)13-21)27(34-24)23(15-28)25(31)29-16-22-8-5-11-33-22/h4-13,24H,14,16H2,1-3H3,(H,29,31)/b27-23-. The molecule has 0 aliphatic carbocycles. The van der Waals surface area contributed by atoms with Crippen LogP contribution in [0.15, 0.2) is 75.9 Å². The van der Waals surface area contributed by atoms with Gasteiger partial charge in [-0.2, -0.15) is 5.26 Å². The van der Waals surface area contributed by atoms with Gasteiger partial charge in [-0.05, 0) is 68.1 Å². The van der Waals surface area contributed by atoms with Crippen LogP contribution in [-0.4, -0.2) is 17.1 Å². The molecule has 1 atom stereocenters. The molecule has 0 bridgehead atoms. The minimum absolute atomic E-state index is 0.0881. The second-order valence-corrected chi connectivity index (χ2v) is 9.49. The smallest absolute Gasteiger partial charge is 0.265 e. The zero-order valence-corrected chi connectivity index (χ0v) is 20.1. The molecule has 1 aliphatic heterocycles. The van der Waals surface area contributed by atoms with Crippen LogP contribution in [0.25, 0.3) is 0 Å². The number of carbonyl (C=O) groups is 2. The molecule has 0 saturated carbocycles. The van der Waals surface area contributed by atoms with Gasteiger partial charge in [0.15, 0.2) is 0 Å². The summed E-state index contributed by atoms with van der Waals surface area (Å²) in [4.78, 5) is 28.1. The van der Waals surface area contributed by atoms with Crippen molar-refractivity contribution >= 4 is 29.3 Å². The highest BCUT2D eigenvalue weighted by atomic mass is 32.2. The van der Waals surface area contributed by atoms with Gasteiger partial charge >= 0.3 is 0 Å². The molecular weight excluding hydrogens is 446 g/mol. The van der Waals surface area contributed by atoms with Crippen molar-refractivity contribution in [2.24, 2.45) is 0 Å². The number of anilines is 1. The number of carbonyl (C=O) groups excluding carboxylic acids is 2. The van der Waals surface area contributed by atoms with E-state index in [0.717, 1.165) is 22.3 Å². The molecule has 7 heteroatoms. The zero-order valence-electron chi connectivity index (χ0n) is 19.3. The van der Waals surface area contributed by atoms with Crippen LogP contribution in [0, 0.1) is 32.1 Å². The van der Waals surface area contributed by atoms with Crippen LogP contribution in [0.4, 0.5) is 5.69 Å². The highest BCUT2D eigenvalue weighted by Crippen LogP contribution is 2.42. The third-order valence-electron chi connectivity index (χ3n) is 5.76. The quantitative estimate of drug-likeness (QED) is 0.406. The number of furan rings is 1. The first-order valence-electron chi connectivity index (χ1n) is 11.0. The van der Waals surface area contributed by atoms with E-state index in [1.165, 1.54) is 22.9 Å². The molecule has 2 heterocycles. The molecule has 1 N–H and O–H groups in total. The van der Waals surface area contributed by atoms with E-state index in [0.29, 0.717) is 22.9 Å². The topological polar surface area (TPSA) is 86.3 Å². The molecule has 2 aromatic carbocycles. The number of rotatable bonds is 6. The summed E-state index contributed by atoms with van der Waals surface area (Å²) < 4.78 is 5.26. The summed E-state index contributed by atoms with van der Waals surface area (Å²) in [6, 6.07) is 19.2. The average Bonchev–Trinajstić information content (AvgIpc) is 3.43. The van der Waals surface area contributed by atoms with E-state index in [-0.39, 0.29) is 18.0 Å². The van der Waals surface area contributed by atoms with Crippen LogP contribution in [0.1, 0.15) is 28.0 Å². The van der Waals surface area contributed by atoms with Gasteiger partial charge in [0, 0.05) is 5.69 Å². The number of nitrogens with one attached hydrogen (secondary N) is 1. The minimum Gasteiger partial charge on any atom is -0.467 e. The van der Waals surface area contributed by atoms with Gasteiger partial charge < -0.3 is 9.73 Å². The highest BCUT2D eigenvalue weighted by molar-refractivity contribution is 8.05. The first-order valence-corrected chi connectivity index (χ1v) is 11.8. The van der Waals surface area contributed by atoms with Crippen molar-refractivity contribution in [2.45, 2.75) is 39.0 Å². The predicted octanol–water partition coefficient (Wildman–Crippen LogP) is 4.95. The lowest BCUT2D eigenvalue weighted by Gasteiger charge is -2.20. The highest BCUT2D eigenvalue weighted by Gasteiger charge is 2.40. The maximum Gasteiger partial charge on any atom is 0.265 e. The number of thioether (sulfide) groups is 1. The monoisotopic (exact) mass is 471 g/mol. The van der Waals surface area contributed by atoms with Crippen LogP contribution >= 0.6 is 11.8 Å². The van der Waals surface area contributed by atoms with E-state index in [4.69, 9.17) is 4.42 Å². The van der Waals surface area contributed by atoms with E-state index in [1.54, 1.807) is 12.1 Å². The Hall–Kier alpha value is -3.76. The van der Waals surface area contributed by atoms with E-state index in [2.05, 4.69) is 11.4 Å². The number of benzene rings is 2. The zero-order chi connectivity index (χ0) is 24.2. The van der Waals surface area contributed by atoms with Crippen molar-refractivity contribution in [2.75, 3.05) is 4.90 Å². The van der Waals surface area contributed by atoms with Gasteiger partial charge in [-0.15, -0.1) is 0 Å². The second-order valence-electron chi connectivity index (χ2n) is 8.30. The lowest BCUT2D eigenvalue weighted by molar-refractivity contribution is -0.117. The number of hydrogen-bond acceptors (Lipinski definition) is 5. The van der Waals surface area contributed by atoms with Crippen molar-refractivity contribution in [3.63, 3.8) is 0 Å². The molecule has 6 nitrogen and oxygen atoms in total. The van der Waals surface area contributed by atoms with Gasteiger partial charge in [0.05, 0.1) is 18.1 Å². The average molecular weight is 472 g/mol. The molecule has 0 spiro atoms. The van der Waals surface area contributed by atoms with Gasteiger partial charge in [-0.3, -0.25) is 14.5 Å². The van der Waals surface area contributed by atoms with Gasteiger partial charge in [-0.25, -0.2) is 0 Å². The molecule has 2 amide bonds. The normalized spacial score (nSPS) is 16.9. The molecule has 172 valence electrons. The largest absolute Gasteiger partial charge is 0.467 e. The third kappa shape index (κ3) is 4.92. The lowest BCUT2D eigenvalue weighted by Crippen LogP contribution is -2.32. The first-order chi connectivity index (χ1) is 16.4. The fourth-order valence-corrected chi connectivity index (χ4v) is 5.12. The van der Waals surface area contributed by atoms with Gasteiger partial charge in [0.2, 0.25) is 5.91 Å². The van der Waals surface area contributed by atoms with Crippen molar-refractivity contribution in [3.05, 3.63) is 99.5 Å². The molecule has 34 heavy (non-hydrogen) atoms. The van der Waals surface area contributed by atoms with Gasteiger partial charge in [0.1, 0.15) is 22.4 Å². The summed E-state index contributed by atoms with van der Waals surface area (Å²) in [5, 5.41) is 12.6. The first kappa shape index (κ1) is 23.4. The Morgan fingerprint density at radius 2 is 1.94 bits per heavy atom. The fraction of sp³-hybridized carbons (Fsp3) is 0.222. The van der Waals surface area contributed by atoms with Crippen LogP contribution in [0.5, 0.6) is 0 Å². The molecular formula is C27H25N3O3S. The third-order valence-corrected chi connectivity index (χ3v) is 7.02. The summed E-state index contributed by atoms with van der Waals surface area (Å²) in [5.74, 6) is -0.107. The Bertz CT molecular complexity index is 1300. The summed E-state index contributed by atoms with van der Waals surface area (Å²) in [5.41, 5.74) is 4.83. The number of amides is 2. The van der Waals surface area contributed by atoms with E-state index < -0.39 is 11.2 Å². The molecule has 4 rings (SSSR count). The summed E-state index contributed by atoms with van der Waals surface area (Å²) in [7, 11) is 0. The molecule has 1 unspecified atom stereocenters. The molecule has 1 fully saturated rings. The molecule has 3 aromatic rings. The SMILES string of the molecule is Cc1cccc(CC2S/C(=C(/C#N)C(=O)NCc3ccco3)N(c3ccc(C)c(C)c3)C2=O)c1. The lowest BCUT2D eigenvalue weighted by atomic mass is 10.1. The van der Waals surface area contributed by atoms with Crippen molar-refractivity contribution in [1.82, 2.24) is 5.32 Å². The fourth-order valence-electron chi connectivity index (χ4n) is 3.81. The van der Waals surface area contributed by atoms with Gasteiger partial charge in [-0.1, -0.05) is 47.7 Å². The number of hydrogen-bond donors (Lipinski definition) is 1. The Kier molecular flexibility index (Phi) is 6.90. The van der Waals surface area contributed by atoms with Crippen molar-refractivity contribution in [1.29, 1.82) is 5.26 Å². The van der Waals surface area contributed by atoms with Gasteiger partial charge in [0.25, 0.3) is 5.91 Å². The van der Waals surface area contributed by atoms with Crippen LogP contribution < -0.4 is 10.2 Å². The van der Waals surface area contributed by atoms with E-state index >= 15 is 0 Å². The number of nitriles is 1.